The highest BCUT2D eigenvalue weighted by atomic mass is 35.5. The fourth-order valence-corrected chi connectivity index (χ4v) is 3.85. The van der Waals surface area contributed by atoms with Crippen LogP contribution in [0.15, 0.2) is 81.0 Å². The molecule has 0 saturated carbocycles. The van der Waals surface area contributed by atoms with Crippen LogP contribution in [0.1, 0.15) is 5.56 Å². The second-order valence-electron chi connectivity index (χ2n) is 7.85. The minimum absolute atomic E-state index is 0.128. The largest absolute Gasteiger partial charge is 0.477 e. The van der Waals surface area contributed by atoms with Crippen molar-refractivity contribution in [3.8, 4) is 17.3 Å². The van der Waals surface area contributed by atoms with Gasteiger partial charge in [0.15, 0.2) is 18.1 Å². The van der Waals surface area contributed by atoms with Crippen molar-refractivity contribution < 1.29 is 18.9 Å². The molecule has 3 aromatic carbocycles. The zero-order chi connectivity index (χ0) is 26.1. The van der Waals surface area contributed by atoms with Gasteiger partial charge in [-0.2, -0.15) is 9.78 Å². The third-order valence-electron chi connectivity index (χ3n) is 5.32. The van der Waals surface area contributed by atoms with Crippen molar-refractivity contribution >= 4 is 51.3 Å². The van der Waals surface area contributed by atoms with Gasteiger partial charge in [-0.25, -0.2) is 4.98 Å². The number of carbonyl (C=O) groups is 1. The number of amides is 1. The van der Waals surface area contributed by atoms with Gasteiger partial charge >= 0.3 is 5.69 Å². The molecule has 2 aromatic heterocycles. The lowest BCUT2D eigenvalue weighted by molar-refractivity contribution is -0.385. The Kier molecular flexibility index (Phi) is 6.12. The maximum Gasteiger partial charge on any atom is 0.311 e. The molecule has 0 aliphatic rings. The highest BCUT2D eigenvalue weighted by molar-refractivity contribution is 6.31. The van der Waals surface area contributed by atoms with E-state index in [1.54, 1.807) is 48.5 Å². The molecule has 0 spiro atoms. The maximum absolute atomic E-state index is 13.4. The summed E-state index contributed by atoms with van der Waals surface area (Å²) in [5, 5.41) is 17.4. The highest BCUT2D eigenvalue weighted by Crippen LogP contribution is 2.30. The van der Waals surface area contributed by atoms with Crippen molar-refractivity contribution in [2.24, 2.45) is 10.8 Å². The molecule has 0 atom stereocenters. The van der Waals surface area contributed by atoms with E-state index in [0.717, 1.165) is 4.68 Å². The Morgan fingerprint density at radius 1 is 1.19 bits per heavy atom. The van der Waals surface area contributed by atoms with E-state index in [-0.39, 0.29) is 17.3 Å². The summed E-state index contributed by atoms with van der Waals surface area (Å²) in [6.45, 7) is -0.515. The molecule has 0 radical (unpaired) electrons. The molecule has 0 saturated heterocycles. The lowest BCUT2D eigenvalue weighted by Gasteiger charge is -2.08. The van der Waals surface area contributed by atoms with Crippen LogP contribution in [0.5, 0.6) is 5.75 Å². The molecule has 12 heteroatoms. The first-order valence-electron chi connectivity index (χ1n) is 10.8. The number of para-hydroxylation sites is 1. The Morgan fingerprint density at radius 2 is 2.00 bits per heavy atom. The molecule has 5 aromatic rings. The van der Waals surface area contributed by atoms with E-state index in [0.29, 0.717) is 32.5 Å². The van der Waals surface area contributed by atoms with Crippen molar-refractivity contribution in [1.29, 1.82) is 0 Å². The standard InChI is InChI=1S/C25H16ClN5O6/c26-16-6-8-20-15(10-16)11-22(37-20)24-29-18-4-2-1-3-17(18)25(33)30(24)28-12-14-5-7-21(36-13-23(27)32)19(9-14)31(34)35/h1-12H,13H2,(H2,27,32). The number of primary amides is 1. The van der Waals surface area contributed by atoms with Gasteiger partial charge in [0.2, 0.25) is 5.82 Å². The molecule has 37 heavy (non-hydrogen) atoms. The summed E-state index contributed by atoms with van der Waals surface area (Å²) < 4.78 is 12.1. The Hall–Kier alpha value is -5.03. The predicted molar refractivity (Wildman–Crippen MR) is 137 cm³/mol. The quantitative estimate of drug-likeness (QED) is 0.193. The van der Waals surface area contributed by atoms with E-state index in [1.165, 1.54) is 24.4 Å². The van der Waals surface area contributed by atoms with Crippen LogP contribution in [0.25, 0.3) is 33.5 Å². The lowest BCUT2D eigenvalue weighted by Crippen LogP contribution is -2.20. The van der Waals surface area contributed by atoms with Crippen LogP contribution in [0.2, 0.25) is 5.02 Å². The van der Waals surface area contributed by atoms with E-state index < -0.39 is 28.7 Å². The van der Waals surface area contributed by atoms with E-state index >= 15 is 0 Å². The summed E-state index contributed by atoms with van der Waals surface area (Å²) >= 11 is 6.09. The van der Waals surface area contributed by atoms with Gasteiger partial charge in [0.1, 0.15) is 5.58 Å². The van der Waals surface area contributed by atoms with Crippen LogP contribution in [-0.2, 0) is 4.79 Å². The van der Waals surface area contributed by atoms with Crippen LogP contribution in [-0.4, -0.2) is 33.3 Å². The first-order valence-corrected chi connectivity index (χ1v) is 11.1. The van der Waals surface area contributed by atoms with Crippen molar-refractivity contribution in [3.63, 3.8) is 0 Å². The van der Waals surface area contributed by atoms with Gasteiger partial charge in [-0.3, -0.25) is 19.7 Å². The fraction of sp³-hybridized carbons (Fsp3) is 0.0400. The first kappa shape index (κ1) is 23.7. The monoisotopic (exact) mass is 517 g/mol. The Bertz CT molecular complexity index is 1790. The highest BCUT2D eigenvalue weighted by Gasteiger charge is 2.18. The number of benzene rings is 3. The number of nitro benzene ring substituents is 1. The minimum Gasteiger partial charge on any atom is -0.477 e. The molecule has 0 aliphatic heterocycles. The number of hydrogen-bond acceptors (Lipinski definition) is 8. The second kappa shape index (κ2) is 9.55. The van der Waals surface area contributed by atoms with Crippen molar-refractivity contribution in [1.82, 2.24) is 9.66 Å². The minimum atomic E-state index is -0.775. The zero-order valence-corrected chi connectivity index (χ0v) is 19.6. The van der Waals surface area contributed by atoms with Crippen LogP contribution in [0, 0.1) is 10.1 Å². The van der Waals surface area contributed by atoms with Gasteiger partial charge in [0.05, 0.1) is 22.0 Å². The predicted octanol–water partition coefficient (Wildman–Crippen LogP) is 4.12. The topological polar surface area (TPSA) is 156 Å². The number of hydrogen-bond donors (Lipinski definition) is 1. The number of halogens is 1. The summed E-state index contributed by atoms with van der Waals surface area (Å²) in [6.07, 6.45) is 1.27. The number of nitrogens with zero attached hydrogens (tertiary/aromatic N) is 4. The number of nitro groups is 1. The molecule has 5 rings (SSSR count). The lowest BCUT2D eigenvalue weighted by atomic mass is 10.2. The summed E-state index contributed by atoms with van der Waals surface area (Å²) in [6, 6.07) is 17.6. The molecule has 0 unspecified atom stereocenters. The number of carbonyl (C=O) groups excluding carboxylic acids is 1. The summed E-state index contributed by atoms with van der Waals surface area (Å²) in [5.41, 5.74) is 5.46. The molecule has 0 aliphatic carbocycles. The van der Waals surface area contributed by atoms with Gasteiger partial charge in [-0.1, -0.05) is 23.7 Å². The third-order valence-corrected chi connectivity index (χ3v) is 5.56. The van der Waals surface area contributed by atoms with Crippen LogP contribution in [0.4, 0.5) is 5.69 Å². The molecule has 11 nitrogen and oxygen atoms in total. The number of furan rings is 1. The van der Waals surface area contributed by atoms with Crippen molar-refractivity contribution in [2.75, 3.05) is 6.61 Å². The van der Waals surface area contributed by atoms with Crippen molar-refractivity contribution in [2.45, 2.75) is 0 Å². The summed E-state index contributed by atoms with van der Waals surface area (Å²) in [7, 11) is 0. The van der Waals surface area contributed by atoms with Gasteiger partial charge < -0.3 is 14.9 Å². The van der Waals surface area contributed by atoms with Crippen LogP contribution >= 0.6 is 11.6 Å². The Balaban J connectivity index is 1.63. The number of ether oxygens (including phenoxy) is 1. The molecule has 0 fully saturated rings. The van der Waals surface area contributed by atoms with Gasteiger partial charge in [0, 0.05) is 22.0 Å². The average molecular weight is 518 g/mol. The molecule has 0 bridgehead atoms. The normalized spacial score (nSPS) is 11.4. The van der Waals surface area contributed by atoms with E-state index in [9.17, 15) is 19.7 Å². The molecule has 2 N–H and O–H groups in total. The van der Waals surface area contributed by atoms with Crippen molar-refractivity contribution in [3.05, 3.63) is 97.8 Å². The smallest absolute Gasteiger partial charge is 0.311 e. The molecule has 1 amide bonds. The fourth-order valence-electron chi connectivity index (χ4n) is 3.67. The molecular formula is C25H16ClN5O6. The number of rotatable bonds is 7. The summed E-state index contributed by atoms with van der Waals surface area (Å²) in [4.78, 5) is 39.8. The SMILES string of the molecule is NC(=O)COc1ccc(C=Nn2c(-c3cc4cc(Cl)ccc4o3)nc3ccccc3c2=O)cc1[N+](=O)[O-]. The second-order valence-corrected chi connectivity index (χ2v) is 8.28. The zero-order valence-electron chi connectivity index (χ0n) is 18.8. The van der Waals surface area contributed by atoms with Crippen LogP contribution in [0.3, 0.4) is 0 Å². The first-order chi connectivity index (χ1) is 17.8. The van der Waals surface area contributed by atoms with E-state index in [2.05, 4.69) is 10.1 Å². The Morgan fingerprint density at radius 3 is 2.78 bits per heavy atom. The molecular weight excluding hydrogens is 502 g/mol. The number of fused-ring (bicyclic) bond motifs is 2. The van der Waals surface area contributed by atoms with Crippen LogP contribution < -0.4 is 16.0 Å². The van der Waals surface area contributed by atoms with E-state index in [1.807, 2.05) is 0 Å². The van der Waals surface area contributed by atoms with Gasteiger partial charge in [-0.05, 0) is 48.5 Å². The third kappa shape index (κ3) is 4.75. The number of aromatic nitrogens is 2. The summed E-state index contributed by atoms with van der Waals surface area (Å²) in [5.74, 6) is -0.503. The number of nitrogens with two attached hydrogens (primary N) is 1. The van der Waals surface area contributed by atoms with Gasteiger partial charge in [0.25, 0.3) is 11.5 Å². The Labute approximate surface area is 212 Å². The molecule has 2 heterocycles. The molecule has 184 valence electrons. The maximum atomic E-state index is 13.4. The average Bonchev–Trinajstić information content (AvgIpc) is 3.30. The van der Waals surface area contributed by atoms with E-state index in [4.69, 9.17) is 26.5 Å². The van der Waals surface area contributed by atoms with Gasteiger partial charge in [-0.15, -0.1) is 0 Å².